The van der Waals surface area contributed by atoms with E-state index < -0.39 is 0 Å². The van der Waals surface area contributed by atoms with Gasteiger partial charge in [-0.05, 0) is 54.5 Å². The molecular formula is C12H26N2O2. The third-order valence-corrected chi connectivity index (χ3v) is 1.69. The first-order valence-corrected chi connectivity index (χ1v) is 5.80. The molecule has 1 amide bonds. The Hall–Kier alpha value is -0.770. The lowest BCUT2D eigenvalue weighted by molar-refractivity contribution is 0.135. The fraction of sp³-hybridized carbons (Fsp3) is 0.917. The summed E-state index contributed by atoms with van der Waals surface area (Å²) in [4.78, 5) is 11.3. The molecule has 16 heavy (non-hydrogen) atoms. The largest absolute Gasteiger partial charge is 0.450 e. The van der Waals surface area contributed by atoms with E-state index in [2.05, 4.69) is 31.4 Å². The van der Waals surface area contributed by atoms with Crippen LogP contribution in [0.3, 0.4) is 0 Å². The van der Waals surface area contributed by atoms with E-state index in [1.54, 1.807) is 0 Å². The van der Waals surface area contributed by atoms with Gasteiger partial charge in [0.05, 0.1) is 6.61 Å². The molecule has 0 aliphatic heterocycles. The lowest BCUT2D eigenvalue weighted by Gasteiger charge is -2.21. The van der Waals surface area contributed by atoms with Gasteiger partial charge >= 0.3 is 6.09 Å². The molecule has 0 aliphatic rings. The molecule has 4 heteroatoms. The first-order chi connectivity index (χ1) is 7.10. The SMILES string of the molecule is CC(C)(C)NCCCOC(=O)NC(C)(C)C. The lowest BCUT2D eigenvalue weighted by Crippen LogP contribution is -2.41. The molecule has 0 fully saturated rings. The van der Waals surface area contributed by atoms with Gasteiger partial charge in [0, 0.05) is 11.1 Å². The highest BCUT2D eigenvalue weighted by atomic mass is 16.5. The van der Waals surface area contributed by atoms with Crippen molar-refractivity contribution >= 4 is 6.09 Å². The van der Waals surface area contributed by atoms with Crippen molar-refractivity contribution in [1.29, 1.82) is 0 Å². The minimum absolute atomic E-state index is 0.119. The predicted molar refractivity (Wildman–Crippen MR) is 66.6 cm³/mol. The summed E-state index contributed by atoms with van der Waals surface area (Å²) < 4.78 is 5.04. The minimum atomic E-state index is -0.344. The van der Waals surface area contributed by atoms with E-state index in [0.29, 0.717) is 6.61 Å². The van der Waals surface area contributed by atoms with Crippen LogP contribution in [0.2, 0.25) is 0 Å². The number of nitrogens with one attached hydrogen (secondary N) is 2. The van der Waals surface area contributed by atoms with Gasteiger partial charge in [-0.3, -0.25) is 0 Å². The summed E-state index contributed by atoms with van der Waals surface area (Å²) in [5, 5.41) is 6.08. The van der Waals surface area contributed by atoms with Gasteiger partial charge in [-0.1, -0.05) is 0 Å². The highest BCUT2D eigenvalue weighted by molar-refractivity contribution is 5.67. The van der Waals surface area contributed by atoms with Gasteiger partial charge in [-0.15, -0.1) is 0 Å². The third-order valence-electron chi connectivity index (χ3n) is 1.69. The monoisotopic (exact) mass is 230 g/mol. The zero-order valence-corrected chi connectivity index (χ0v) is 11.4. The van der Waals surface area contributed by atoms with Crippen LogP contribution < -0.4 is 10.6 Å². The molecule has 0 heterocycles. The van der Waals surface area contributed by atoms with Crippen LogP contribution in [0.4, 0.5) is 4.79 Å². The normalized spacial score (nSPS) is 12.4. The minimum Gasteiger partial charge on any atom is -0.450 e. The molecule has 0 bridgehead atoms. The summed E-state index contributed by atoms with van der Waals surface area (Å²) in [5.41, 5.74) is -0.117. The Labute approximate surface area is 99.1 Å². The van der Waals surface area contributed by atoms with Crippen molar-refractivity contribution in [2.24, 2.45) is 0 Å². The van der Waals surface area contributed by atoms with Gasteiger partial charge in [-0.25, -0.2) is 4.79 Å². The smallest absolute Gasteiger partial charge is 0.407 e. The third kappa shape index (κ3) is 11.3. The van der Waals surface area contributed by atoms with Gasteiger partial charge in [0.2, 0.25) is 0 Å². The average molecular weight is 230 g/mol. The van der Waals surface area contributed by atoms with E-state index in [9.17, 15) is 4.79 Å². The second-order valence-electron chi connectivity index (χ2n) is 6.04. The molecule has 0 aliphatic carbocycles. The summed E-state index contributed by atoms with van der Waals surface area (Å²) in [6.07, 6.45) is 0.484. The van der Waals surface area contributed by atoms with Crippen molar-refractivity contribution in [2.75, 3.05) is 13.2 Å². The summed E-state index contributed by atoms with van der Waals surface area (Å²) >= 11 is 0. The predicted octanol–water partition coefficient (Wildman–Crippen LogP) is 2.29. The van der Waals surface area contributed by atoms with Gasteiger partial charge in [-0.2, -0.15) is 0 Å². The van der Waals surface area contributed by atoms with Crippen LogP contribution in [0, 0.1) is 0 Å². The van der Waals surface area contributed by atoms with Crippen molar-refractivity contribution in [3.8, 4) is 0 Å². The quantitative estimate of drug-likeness (QED) is 0.729. The Morgan fingerprint density at radius 3 is 2.06 bits per heavy atom. The number of amides is 1. The van der Waals surface area contributed by atoms with E-state index in [1.165, 1.54) is 0 Å². The van der Waals surface area contributed by atoms with E-state index in [0.717, 1.165) is 13.0 Å². The summed E-state index contributed by atoms with van der Waals surface area (Å²) in [6, 6.07) is 0. The van der Waals surface area contributed by atoms with Crippen molar-refractivity contribution in [2.45, 2.75) is 59.0 Å². The van der Waals surface area contributed by atoms with E-state index in [4.69, 9.17) is 4.74 Å². The zero-order valence-electron chi connectivity index (χ0n) is 11.4. The first-order valence-electron chi connectivity index (χ1n) is 5.80. The Kier molecular flexibility index (Phi) is 5.79. The number of carbonyl (C=O) groups excluding carboxylic acids is 1. The summed E-state index contributed by atoms with van der Waals surface area (Å²) in [7, 11) is 0. The maximum atomic E-state index is 11.3. The van der Waals surface area contributed by atoms with Crippen LogP contribution in [-0.2, 0) is 4.74 Å². The van der Waals surface area contributed by atoms with Crippen LogP contribution in [0.1, 0.15) is 48.0 Å². The molecule has 96 valence electrons. The van der Waals surface area contributed by atoms with Gasteiger partial charge < -0.3 is 15.4 Å². The number of ether oxygens (including phenoxy) is 1. The molecule has 0 rings (SSSR count). The fourth-order valence-electron chi connectivity index (χ4n) is 1.04. The van der Waals surface area contributed by atoms with Crippen LogP contribution >= 0.6 is 0 Å². The molecule has 0 spiro atoms. The standard InChI is InChI=1S/C12H26N2O2/c1-11(2,3)13-8-7-9-16-10(15)14-12(4,5)6/h13H,7-9H2,1-6H3,(H,14,15). The van der Waals surface area contributed by atoms with Crippen molar-refractivity contribution in [3.63, 3.8) is 0 Å². The molecule has 0 unspecified atom stereocenters. The number of hydrogen-bond donors (Lipinski definition) is 2. The van der Waals surface area contributed by atoms with Crippen LogP contribution in [0.15, 0.2) is 0 Å². The number of rotatable bonds is 4. The van der Waals surface area contributed by atoms with E-state index in [1.807, 2.05) is 20.8 Å². The van der Waals surface area contributed by atoms with Crippen molar-refractivity contribution < 1.29 is 9.53 Å². The Bertz CT molecular complexity index is 214. The maximum absolute atomic E-state index is 11.3. The van der Waals surface area contributed by atoms with Gasteiger partial charge in [0.1, 0.15) is 0 Å². The Balaban J connectivity index is 3.50. The highest BCUT2D eigenvalue weighted by Crippen LogP contribution is 2.00. The summed E-state index contributed by atoms with van der Waals surface area (Å²) in [6.45, 7) is 13.4. The fourth-order valence-corrected chi connectivity index (χ4v) is 1.04. The Morgan fingerprint density at radius 2 is 1.62 bits per heavy atom. The maximum Gasteiger partial charge on any atom is 0.407 e. The molecule has 0 radical (unpaired) electrons. The topological polar surface area (TPSA) is 50.4 Å². The second kappa shape index (κ2) is 6.09. The molecule has 2 N–H and O–H groups in total. The van der Waals surface area contributed by atoms with Crippen LogP contribution in [0.5, 0.6) is 0 Å². The molecule has 0 aromatic carbocycles. The zero-order chi connectivity index (χ0) is 12.8. The van der Waals surface area contributed by atoms with Crippen LogP contribution in [-0.4, -0.2) is 30.3 Å². The molecule has 0 saturated carbocycles. The number of hydrogen-bond acceptors (Lipinski definition) is 3. The van der Waals surface area contributed by atoms with Gasteiger partial charge in [0.25, 0.3) is 0 Å². The molecule has 0 atom stereocenters. The average Bonchev–Trinajstić information content (AvgIpc) is 1.97. The molecular weight excluding hydrogens is 204 g/mol. The second-order valence-corrected chi connectivity index (χ2v) is 6.04. The van der Waals surface area contributed by atoms with Crippen molar-refractivity contribution in [3.05, 3.63) is 0 Å². The van der Waals surface area contributed by atoms with Crippen molar-refractivity contribution in [1.82, 2.24) is 10.6 Å². The lowest BCUT2D eigenvalue weighted by atomic mass is 10.1. The van der Waals surface area contributed by atoms with E-state index in [-0.39, 0.29) is 17.2 Å². The van der Waals surface area contributed by atoms with E-state index >= 15 is 0 Å². The van der Waals surface area contributed by atoms with Crippen LogP contribution in [0.25, 0.3) is 0 Å². The molecule has 4 nitrogen and oxygen atoms in total. The molecule has 0 aromatic heterocycles. The number of carbonyl (C=O) groups is 1. The molecule has 0 aromatic rings. The first kappa shape index (κ1) is 15.2. The highest BCUT2D eigenvalue weighted by Gasteiger charge is 2.14. The Morgan fingerprint density at radius 1 is 1.06 bits per heavy atom. The summed E-state index contributed by atoms with van der Waals surface area (Å²) in [5.74, 6) is 0. The van der Waals surface area contributed by atoms with Gasteiger partial charge in [0.15, 0.2) is 0 Å². The number of alkyl carbamates (subject to hydrolysis) is 1. The molecule has 0 saturated heterocycles.